The van der Waals surface area contributed by atoms with Gasteiger partial charge in [0.15, 0.2) is 0 Å². The van der Waals surface area contributed by atoms with Crippen LogP contribution in [0, 0.1) is 11.3 Å². The highest BCUT2D eigenvalue weighted by atomic mass is 16.5. The highest BCUT2D eigenvalue weighted by Gasteiger charge is 2.26. The van der Waals surface area contributed by atoms with E-state index in [9.17, 15) is 5.26 Å². The van der Waals surface area contributed by atoms with Crippen LogP contribution in [0.1, 0.15) is 42.9 Å². The van der Waals surface area contributed by atoms with Crippen LogP contribution in [0.25, 0.3) is 5.57 Å². The van der Waals surface area contributed by atoms with E-state index in [1.54, 1.807) is 24.5 Å². The molecule has 1 atom stereocenters. The Morgan fingerprint density at radius 1 is 1.31 bits per heavy atom. The number of nitriles is 1. The Morgan fingerprint density at radius 2 is 2.12 bits per heavy atom. The molecule has 3 N–H and O–H groups in total. The minimum atomic E-state index is 0.293. The number of benzene rings is 1. The summed E-state index contributed by atoms with van der Waals surface area (Å²) < 4.78 is 6.36. The lowest BCUT2D eigenvalue weighted by Gasteiger charge is -2.35. The number of fused-ring (bicyclic) bond motifs is 1. The lowest BCUT2D eigenvalue weighted by atomic mass is 9.92. The molecule has 1 unspecified atom stereocenters. The van der Waals surface area contributed by atoms with Gasteiger partial charge >= 0.3 is 0 Å². The van der Waals surface area contributed by atoms with Gasteiger partial charge in [0.25, 0.3) is 0 Å². The molecule has 1 saturated heterocycles. The maximum Gasteiger partial charge on any atom is 0.237 e. The van der Waals surface area contributed by atoms with E-state index in [0.717, 1.165) is 61.2 Å². The molecule has 2 aliphatic heterocycles. The second-order valence-electron chi connectivity index (χ2n) is 8.39. The van der Waals surface area contributed by atoms with Gasteiger partial charge in [-0.3, -0.25) is 4.99 Å². The first-order valence-corrected chi connectivity index (χ1v) is 11.2. The summed E-state index contributed by atoms with van der Waals surface area (Å²) in [6, 6.07) is 10.5. The van der Waals surface area contributed by atoms with Gasteiger partial charge in [0.2, 0.25) is 5.88 Å². The molecule has 2 aromatic rings. The fraction of sp³-hybridized carbons (Fsp3) is 0.400. The highest BCUT2D eigenvalue weighted by molar-refractivity contribution is 6.11. The summed E-state index contributed by atoms with van der Waals surface area (Å²) in [6.45, 7) is 4.19. The third kappa shape index (κ3) is 4.46. The van der Waals surface area contributed by atoms with Crippen LogP contribution in [0.2, 0.25) is 0 Å². The molecular weight excluding hydrogens is 400 g/mol. The van der Waals surface area contributed by atoms with E-state index >= 15 is 0 Å². The van der Waals surface area contributed by atoms with Crippen LogP contribution < -0.4 is 20.7 Å². The Kier molecular flexibility index (Phi) is 6.72. The SMILES string of the molecule is CC1CCc2c(ccc(C(C=NC3CCNCC3)=CN)c2Oc2ncccc2C#N)N1C. The van der Waals surface area contributed by atoms with Gasteiger partial charge in [0.05, 0.1) is 6.04 Å². The fourth-order valence-corrected chi connectivity index (χ4v) is 4.32. The zero-order valence-corrected chi connectivity index (χ0v) is 18.7. The number of allylic oxidation sites excluding steroid dienone is 1. The maximum atomic E-state index is 9.53. The Hall–Kier alpha value is -3.37. The number of piperidine rings is 1. The predicted octanol–water partition coefficient (Wildman–Crippen LogP) is 3.64. The molecule has 0 saturated carbocycles. The number of hydrogen-bond acceptors (Lipinski definition) is 7. The molecule has 1 aromatic carbocycles. The first-order chi connectivity index (χ1) is 15.6. The number of ether oxygens (including phenoxy) is 1. The molecule has 0 amide bonds. The van der Waals surface area contributed by atoms with Crippen LogP contribution in [0.4, 0.5) is 5.69 Å². The molecule has 1 aromatic heterocycles. The maximum absolute atomic E-state index is 9.53. The van der Waals surface area contributed by atoms with Crippen molar-refractivity contribution in [2.45, 2.75) is 44.7 Å². The van der Waals surface area contributed by atoms with Crippen molar-refractivity contribution < 1.29 is 4.74 Å². The molecule has 1 fully saturated rings. The number of nitrogens with zero attached hydrogens (tertiary/aromatic N) is 4. The zero-order valence-electron chi connectivity index (χ0n) is 18.7. The normalized spacial score (nSPS) is 19.6. The van der Waals surface area contributed by atoms with Crippen LogP contribution in [0.15, 0.2) is 41.7 Å². The summed E-state index contributed by atoms with van der Waals surface area (Å²) in [5.41, 5.74) is 10.4. The van der Waals surface area contributed by atoms with Crippen molar-refractivity contribution in [2.24, 2.45) is 10.7 Å². The van der Waals surface area contributed by atoms with Crippen molar-refractivity contribution in [2.75, 3.05) is 25.0 Å². The number of pyridine rings is 1. The smallest absolute Gasteiger partial charge is 0.237 e. The minimum Gasteiger partial charge on any atom is -0.437 e. The zero-order chi connectivity index (χ0) is 22.5. The number of rotatable bonds is 5. The fourth-order valence-electron chi connectivity index (χ4n) is 4.32. The van der Waals surface area contributed by atoms with Crippen molar-refractivity contribution in [1.82, 2.24) is 10.3 Å². The van der Waals surface area contributed by atoms with E-state index in [0.29, 0.717) is 29.3 Å². The lowest BCUT2D eigenvalue weighted by Crippen LogP contribution is -2.33. The third-order valence-electron chi connectivity index (χ3n) is 6.40. The van der Waals surface area contributed by atoms with Gasteiger partial charge in [0.1, 0.15) is 17.4 Å². The Balaban J connectivity index is 1.77. The molecule has 2 aliphatic rings. The van der Waals surface area contributed by atoms with E-state index in [4.69, 9.17) is 15.5 Å². The van der Waals surface area contributed by atoms with Crippen molar-refractivity contribution in [3.05, 3.63) is 53.4 Å². The molecule has 0 aliphatic carbocycles. The second kappa shape index (κ2) is 9.84. The standard InChI is InChI=1S/C25H30N6O/c1-17-5-6-22-23(31(17)2)8-7-21(19(15-27)16-30-20-9-12-28-13-10-20)24(22)32-25-18(14-26)4-3-11-29-25/h3-4,7-8,11,15-17,20,28H,5-6,9-10,12-13,27H2,1-2H3. The Labute approximate surface area is 189 Å². The van der Waals surface area contributed by atoms with Gasteiger partial charge in [-0.15, -0.1) is 0 Å². The molecule has 4 rings (SSSR count). The first kappa shape index (κ1) is 21.8. The molecular formula is C25H30N6O. The molecule has 166 valence electrons. The quantitative estimate of drug-likeness (QED) is 0.703. The number of aliphatic imine (C=N–C) groups is 1. The van der Waals surface area contributed by atoms with Crippen LogP contribution in [-0.4, -0.2) is 43.4 Å². The van der Waals surface area contributed by atoms with Crippen LogP contribution in [-0.2, 0) is 6.42 Å². The average molecular weight is 431 g/mol. The Bertz CT molecular complexity index is 1060. The van der Waals surface area contributed by atoms with Crippen LogP contribution in [0.3, 0.4) is 0 Å². The van der Waals surface area contributed by atoms with E-state index < -0.39 is 0 Å². The van der Waals surface area contributed by atoms with Gasteiger partial charge in [-0.05, 0) is 70.0 Å². The monoisotopic (exact) mass is 430 g/mol. The minimum absolute atomic E-state index is 0.293. The van der Waals surface area contributed by atoms with Crippen LogP contribution >= 0.6 is 0 Å². The third-order valence-corrected chi connectivity index (χ3v) is 6.40. The Morgan fingerprint density at radius 3 is 2.88 bits per heavy atom. The predicted molar refractivity (Wildman–Crippen MR) is 128 cm³/mol. The molecule has 0 bridgehead atoms. The number of aromatic nitrogens is 1. The summed E-state index contributed by atoms with van der Waals surface area (Å²) in [7, 11) is 2.10. The van der Waals surface area contributed by atoms with E-state index in [1.807, 2.05) is 12.3 Å². The van der Waals surface area contributed by atoms with Gasteiger partial charge in [-0.2, -0.15) is 5.26 Å². The summed E-state index contributed by atoms with van der Waals surface area (Å²) in [6.07, 6.45) is 9.01. The number of hydrogen-bond donors (Lipinski definition) is 2. The van der Waals surface area contributed by atoms with Crippen molar-refractivity contribution in [3.8, 4) is 17.7 Å². The van der Waals surface area contributed by atoms with Crippen LogP contribution in [0.5, 0.6) is 11.6 Å². The summed E-state index contributed by atoms with van der Waals surface area (Å²) >= 11 is 0. The second-order valence-corrected chi connectivity index (χ2v) is 8.39. The van der Waals surface area contributed by atoms with E-state index in [2.05, 4.69) is 41.3 Å². The largest absolute Gasteiger partial charge is 0.437 e. The lowest BCUT2D eigenvalue weighted by molar-refractivity contribution is 0.448. The number of anilines is 1. The van der Waals surface area contributed by atoms with E-state index in [1.165, 1.54) is 0 Å². The summed E-state index contributed by atoms with van der Waals surface area (Å²) in [4.78, 5) is 11.4. The first-order valence-electron chi connectivity index (χ1n) is 11.2. The number of nitrogens with one attached hydrogen (secondary N) is 1. The highest BCUT2D eigenvalue weighted by Crippen LogP contribution is 2.42. The summed E-state index contributed by atoms with van der Waals surface area (Å²) in [5, 5.41) is 12.9. The molecule has 7 nitrogen and oxygen atoms in total. The molecule has 0 radical (unpaired) electrons. The van der Waals surface area contributed by atoms with Crippen molar-refractivity contribution in [1.29, 1.82) is 5.26 Å². The van der Waals surface area contributed by atoms with Crippen molar-refractivity contribution in [3.63, 3.8) is 0 Å². The average Bonchev–Trinajstić information content (AvgIpc) is 2.83. The molecule has 7 heteroatoms. The van der Waals surface area contributed by atoms with Gasteiger partial charge in [-0.1, -0.05) is 0 Å². The van der Waals surface area contributed by atoms with Gasteiger partial charge < -0.3 is 20.7 Å². The molecule has 0 spiro atoms. The van der Waals surface area contributed by atoms with Gasteiger partial charge in [0, 0.05) is 54.1 Å². The van der Waals surface area contributed by atoms with Crippen molar-refractivity contribution >= 4 is 17.5 Å². The topological polar surface area (TPSA) is 99.6 Å². The summed E-state index contributed by atoms with van der Waals surface area (Å²) in [5.74, 6) is 1.00. The van der Waals surface area contributed by atoms with E-state index in [-0.39, 0.29) is 0 Å². The molecule has 3 heterocycles. The number of nitrogens with two attached hydrogens (primary N) is 1. The van der Waals surface area contributed by atoms with Gasteiger partial charge in [-0.25, -0.2) is 4.98 Å². The molecule has 32 heavy (non-hydrogen) atoms.